The molecule has 0 spiro atoms. The second-order valence-electron chi connectivity index (χ2n) is 4.59. The lowest BCUT2D eigenvalue weighted by Gasteiger charge is -2.05. The van der Waals surface area contributed by atoms with Gasteiger partial charge in [0.2, 0.25) is 0 Å². The van der Waals surface area contributed by atoms with E-state index in [1.54, 1.807) is 30.5 Å². The van der Waals surface area contributed by atoms with Gasteiger partial charge in [-0.15, -0.1) is 0 Å². The summed E-state index contributed by atoms with van der Waals surface area (Å²) in [6, 6.07) is 12.3. The molecule has 106 valence electrons. The van der Waals surface area contributed by atoms with Crippen molar-refractivity contribution in [2.24, 2.45) is 0 Å². The number of carboxylic acid groups (broad SMARTS) is 1. The largest absolute Gasteiger partial charge is 0.489 e. The van der Waals surface area contributed by atoms with Crippen molar-refractivity contribution in [1.82, 2.24) is 4.98 Å². The summed E-state index contributed by atoms with van der Waals surface area (Å²) in [5, 5.41) is 10.6. The van der Waals surface area contributed by atoms with E-state index in [2.05, 4.69) is 4.98 Å². The van der Waals surface area contributed by atoms with Crippen LogP contribution >= 0.6 is 11.6 Å². The molecule has 0 amide bonds. The van der Waals surface area contributed by atoms with E-state index in [-0.39, 0.29) is 5.56 Å². The first-order valence-corrected chi connectivity index (χ1v) is 6.73. The minimum atomic E-state index is -0.954. The normalized spacial score (nSPS) is 10.7. The number of nitrogens with one attached hydrogen (secondary N) is 1. The number of ether oxygens (including phenoxy) is 1. The van der Waals surface area contributed by atoms with E-state index in [0.29, 0.717) is 22.9 Å². The van der Waals surface area contributed by atoms with Gasteiger partial charge in [-0.3, -0.25) is 0 Å². The summed E-state index contributed by atoms with van der Waals surface area (Å²) in [5.74, 6) is -0.281. The Morgan fingerprint density at radius 1 is 1.24 bits per heavy atom. The number of rotatable bonds is 4. The summed E-state index contributed by atoms with van der Waals surface area (Å²) in [5.41, 5.74) is 1.75. The minimum absolute atomic E-state index is 0.251. The third-order valence-electron chi connectivity index (χ3n) is 3.22. The summed E-state index contributed by atoms with van der Waals surface area (Å²) < 4.78 is 5.69. The van der Waals surface area contributed by atoms with Gasteiger partial charge in [-0.2, -0.15) is 0 Å². The lowest BCUT2D eigenvalue weighted by Crippen LogP contribution is -1.97. The molecular formula is C16H12ClNO3. The number of aromatic amines is 1. The van der Waals surface area contributed by atoms with Crippen molar-refractivity contribution in [2.75, 3.05) is 0 Å². The van der Waals surface area contributed by atoms with E-state index in [9.17, 15) is 4.79 Å². The third kappa shape index (κ3) is 2.71. The van der Waals surface area contributed by atoms with Crippen molar-refractivity contribution in [3.8, 4) is 5.75 Å². The first-order chi connectivity index (χ1) is 10.1. The number of hydrogen-bond donors (Lipinski definition) is 2. The molecule has 1 aromatic heterocycles. The molecule has 0 radical (unpaired) electrons. The van der Waals surface area contributed by atoms with Crippen LogP contribution in [0, 0.1) is 0 Å². The van der Waals surface area contributed by atoms with Crippen molar-refractivity contribution in [3.05, 3.63) is 64.8 Å². The predicted molar refractivity (Wildman–Crippen MR) is 81.0 cm³/mol. The number of hydrogen-bond acceptors (Lipinski definition) is 2. The fraction of sp³-hybridized carbons (Fsp3) is 0.0625. The summed E-state index contributed by atoms with van der Waals surface area (Å²) in [6.45, 7) is 0.337. The van der Waals surface area contributed by atoms with Gasteiger partial charge in [0.1, 0.15) is 12.4 Å². The van der Waals surface area contributed by atoms with Crippen LogP contribution in [-0.2, 0) is 6.61 Å². The Morgan fingerprint density at radius 2 is 2.05 bits per heavy atom. The number of fused-ring (bicyclic) bond motifs is 1. The van der Waals surface area contributed by atoms with E-state index in [1.807, 2.05) is 18.2 Å². The Labute approximate surface area is 125 Å². The van der Waals surface area contributed by atoms with Crippen molar-refractivity contribution >= 4 is 28.5 Å². The van der Waals surface area contributed by atoms with Crippen LogP contribution in [0.2, 0.25) is 5.02 Å². The fourth-order valence-electron chi connectivity index (χ4n) is 2.23. The Kier molecular flexibility index (Phi) is 3.54. The monoisotopic (exact) mass is 301 g/mol. The molecule has 0 fully saturated rings. The third-order valence-corrected chi connectivity index (χ3v) is 3.46. The molecule has 4 nitrogen and oxygen atoms in total. The van der Waals surface area contributed by atoms with Gasteiger partial charge < -0.3 is 14.8 Å². The molecular weight excluding hydrogens is 290 g/mol. The Balaban J connectivity index is 1.88. The molecule has 1 heterocycles. The van der Waals surface area contributed by atoms with Crippen LogP contribution in [0.3, 0.4) is 0 Å². The number of aromatic nitrogens is 1. The molecule has 5 heteroatoms. The standard InChI is InChI=1S/C16H12ClNO3/c17-11-3-1-4-12(7-11)21-9-10-8-18-15-13(10)5-2-6-14(15)16(19)20/h1-8,18H,9H2,(H,19,20). The Bertz CT molecular complexity index is 810. The SMILES string of the molecule is O=C(O)c1cccc2c(COc3cccc(Cl)c3)c[nH]c12. The van der Waals surface area contributed by atoms with Gasteiger partial charge in [-0.05, 0) is 24.3 Å². The number of carbonyl (C=O) groups is 1. The highest BCUT2D eigenvalue weighted by Crippen LogP contribution is 2.24. The number of H-pyrrole nitrogens is 1. The minimum Gasteiger partial charge on any atom is -0.489 e. The maximum Gasteiger partial charge on any atom is 0.337 e. The second-order valence-corrected chi connectivity index (χ2v) is 5.03. The maximum absolute atomic E-state index is 11.2. The van der Waals surface area contributed by atoms with E-state index in [1.165, 1.54) is 0 Å². The molecule has 0 unspecified atom stereocenters. The van der Waals surface area contributed by atoms with Crippen LogP contribution in [0.15, 0.2) is 48.7 Å². The van der Waals surface area contributed by atoms with Crippen molar-refractivity contribution < 1.29 is 14.6 Å². The van der Waals surface area contributed by atoms with Crippen molar-refractivity contribution in [1.29, 1.82) is 0 Å². The highest BCUT2D eigenvalue weighted by atomic mass is 35.5. The topological polar surface area (TPSA) is 62.3 Å². The number of para-hydroxylation sites is 1. The van der Waals surface area contributed by atoms with E-state index in [4.69, 9.17) is 21.4 Å². The molecule has 0 bridgehead atoms. The summed E-state index contributed by atoms with van der Waals surface area (Å²) in [7, 11) is 0. The van der Waals surface area contributed by atoms with Crippen LogP contribution in [0.25, 0.3) is 10.9 Å². The highest BCUT2D eigenvalue weighted by Gasteiger charge is 2.12. The Morgan fingerprint density at radius 3 is 2.81 bits per heavy atom. The second kappa shape index (κ2) is 5.50. The number of benzene rings is 2. The zero-order valence-electron chi connectivity index (χ0n) is 11.0. The van der Waals surface area contributed by atoms with Crippen LogP contribution < -0.4 is 4.74 Å². The molecule has 0 aliphatic rings. The van der Waals surface area contributed by atoms with Crippen LogP contribution in [0.4, 0.5) is 0 Å². The van der Waals surface area contributed by atoms with Gasteiger partial charge in [-0.25, -0.2) is 4.79 Å². The predicted octanol–water partition coefficient (Wildman–Crippen LogP) is 4.10. The molecule has 0 saturated carbocycles. The lowest BCUT2D eigenvalue weighted by molar-refractivity contribution is 0.0699. The molecule has 3 aromatic rings. The molecule has 0 aliphatic carbocycles. The van der Waals surface area contributed by atoms with Crippen molar-refractivity contribution in [2.45, 2.75) is 6.61 Å². The number of halogens is 1. The number of carboxylic acids is 1. The molecule has 0 aliphatic heterocycles. The zero-order valence-corrected chi connectivity index (χ0v) is 11.7. The van der Waals surface area contributed by atoms with Gasteiger partial charge in [0.15, 0.2) is 0 Å². The van der Waals surface area contributed by atoms with E-state index in [0.717, 1.165) is 10.9 Å². The fourth-order valence-corrected chi connectivity index (χ4v) is 2.41. The average Bonchev–Trinajstić information content (AvgIpc) is 2.88. The maximum atomic E-state index is 11.2. The van der Waals surface area contributed by atoms with Gasteiger partial charge >= 0.3 is 5.97 Å². The molecule has 2 N–H and O–H groups in total. The molecule has 3 rings (SSSR count). The van der Waals surface area contributed by atoms with Gasteiger partial charge in [0.05, 0.1) is 11.1 Å². The van der Waals surface area contributed by atoms with Gasteiger partial charge in [-0.1, -0.05) is 29.8 Å². The molecule has 0 saturated heterocycles. The van der Waals surface area contributed by atoms with Gasteiger partial charge in [0, 0.05) is 22.2 Å². The molecule has 2 aromatic carbocycles. The highest BCUT2D eigenvalue weighted by molar-refractivity contribution is 6.30. The van der Waals surface area contributed by atoms with Gasteiger partial charge in [0.25, 0.3) is 0 Å². The Hall–Kier alpha value is -2.46. The number of aromatic carboxylic acids is 1. The zero-order chi connectivity index (χ0) is 14.8. The molecule has 21 heavy (non-hydrogen) atoms. The van der Waals surface area contributed by atoms with Crippen LogP contribution in [-0.4, -0.2) is 16.1 Å². The average molecular weight is 302 g/mol. The first kappa shape index (κ1) is 13.5. The smallest absolute Gasteiger partial charge is 0.337 e. The molecule has 0 atom stereocenters. The lowest BCUT2D eigenvalue weighted by atomic mass is 10.1. The first-order valence-electron chi connectivity index (χ1n) is 6.36. The van der Waals surface area contributed by atoms with Crippen LogP contribution in [0.1, 0.15) is 15.9 Å². The summed E-state index contributed by atoms with van der Waals surface area (Å²) in [6.07, 6.45) is 1.77. The summed E-state index contributed by atoms with van der Waals surface area (Å²) in [4.78, 5) is 14.2. The quantitative estimate of drug-likeness (QED) is 0.762. The van der Waals surface area contributed by atoms with Crippen LogP contribution in [0.5, 0.6) is 5.75 Å². The van der Waals surface area contributed by atoms with E-state index >= 15 is 0 Å². The van der Waals surface area contributed by atoms with E-state index < -0.39 is 5.97 Å². The van der Waals surface area contributed by atoms with Crippen molar-refractivity contribution in [3.63, 3.8) is 0 Å². The summed E-state index contributed by atoms with van der Waals surface area (Å²) >= 11 is 5.90.